The van der Waals surface area contributed by atoms with E-state index in [0.717, 1.165) is 31.4 Å². The van der Waals surface area contributed by atoms with Crippen LogP contribution in [0.15, 0.2) is 24.3 Å². The van der Waals surface area contributed by atoms with Gasteiger partial charge in [-0.05, 0) is 43.2 Å². The Hall–Kier alpha value is -1.03. The molecule has 2 rings (SSSR count). The van der Waals surface area contributed by atoms with Crippen LogP contribution in [0.25, 0.3) is 0 Å². The summed E-state index contributed by atoms with van der Waals surface area (Å²) >= 11 is 1.58. The van der Waals surface area contributed by atoms with Gasteiger partial charge in [-0.25, -0.2) is 4.39 Å². The summed E-state index contributed by atoms with van der Waals surface area (Å²) in [6.45, 7) is 0.746. The highest BCUT2D eigenvalue weighted by atomic mass is 32.2. The molecule has 1 aliphatic carbocycles. The van der Waals surface area contributed by atoms with Crippen LogP contribution in [0.1, 0.15) is 31.2 Å². The van der Waals surface area contributed by atoms with Crippen LogP contribution in [0.2, 0.25) is 0 Å². The normalized spacial score (nSPS) is 15.5. The zero-order chi connectivity index (χ0) is 14.4. The lowest BCUT2D eigenvalue weighted by atomic mass is 10.1. The average Bonchev–Trinajstić information content (AvgIpc) is 2.95. The molecule has 0 spiro atoms. The van der Waals surface area contributed by atoms with Crippen molar-refractivity contribution >= 4 is 17.7 Å². The van der Waals surface area contributed by atoms with E-state index in [9.17, 15) is 9.18 Å². The summed E-state index contributed by atoms with van der Waals surface area (Å²) in [7, 11) is 0. The van der Waals surface area contributed by atoms with E-state index >= 15 is 0 Å². The van der Waals surface area contributed by atoms with Gasteiger partial charge >= 0.3 is 0 Å². The molecule has 0 heterocycles. The quantitative estimate of drug-likeness (QED) is 0.800. The van der Waals surface area contributed by atoms with Gasteiger partial charge in [-0.2, -0.15) is 11.8 Å². The molecule has 1 aromatic rings. The zero-order valence-corrected chi connectivity index (χ0v) is 12.8. The van der Waals surface area contributed by atoms with Crippen molar-refractivity contribution < 1.29 is 9.18 Å². The van der Waals surface area contributed by atoms with E-state index in [4.69, 9.17) is 0 Å². The number of carbonyl (C=O) groups excluding carboxylic acids is 1. The van der Waals surface area contributed by atoms with Gasteiger partial charge in [0.1, 0.15) is 5.82 Å². The van der Waals surface area contributed by atoms with Crippen molar-refractivity contribution in [2.24, 2.45) is 0 Å². The number of benzene rings is 1. The van der Waals surface area contributed by atoms with Crippen LogP contribution in [0, 0.1) is 5.82 Å². The number of thioether (sulfide) groups is 1. The monoisotopic (exact) mass is 295 g/mol. The molecule has 1 amide bonds. The van der Waals surface area contributed by atoms with E-state index in [1.54, 1.807) is 23.9 Å². The first-order valence-electron chi connectivity index (χ1n) is 7.23. The van der Waals surface area contributed by atoms with E-state index in [0.29, 0.717) is 11.8 Å². The minimum Gasteiger partial charge on any atom is -0.339 e. The van der Waals surface area contributed by atoms with Crippen molar-refractivity contribution in [2.75, 3.05) is 18.6 Å². The maximum Gasteiger partial charge on any atom is 0.232 e. The lowest BCUT2D eigenvalue weighted by molar-refractivity contribution is -0.130. The largest absolute Gasteiger partial charge is 0.339 e. The van der Waals surface area contributed by atoms with E-state index in [-0.39, 0.29) is 11.7 Å². The molecule has 0 unspecified atom stereocenters. The Bertz CT molecular complexity index is 429. The molecular formula is C16H22FNOS. The van der Waals surface area contributed by atoms with Crippen LogP contribution in [0.5, 0.6) is 0 Å². The lowest BCUT2D eigenvalue weighted by Crippen LogP contribution is -2.41. The molecule has 1 fully saturated rings. The molecular weight excluding hydrogens is 273 g/mol. The molecule has 0 aliphatic heterocycles. The Kier molecular flexibility index (Phi) is 5.89. The number of carbonyl (C=O) groups is 1. The number of amides is 1. The highest BCUT2D eigenvalue weighted by Gasteiger charge is 2.25. The number of hydrogen-bond donors (Lipinski definition) is 0. The average molecular weight is 295 g/mol. The van der Waals surface area contributed by atoms with Gasteiger partial charge in [-0.3, -0.25) is 4.79 Å². The van der Waals surface area contributed by atoms with E-state index in [1.807, 2.05) is 11.2 Å². The third-order valence-corrected chi connectivity index (χ3v) is 4.44. The number of hydrogen-bond acceptors (Lipinski definition) is 2. The molecule has 1 aliphatic rings. The van der Waals surface area contributed by atoms with Gasteiger partial charge in [0.2, 0.25) is 5.91 Å². The zero-order valence-electron chi connectivity index (χ0n) is 12.0. The van der Waals surface area contributed by atoms with Crippen LogP contribution >= 0.6 is 11.8 Å². The van der Waals surface area contributed by atoms with Gasteiger partial charge in [-0.15, -0.1) is 0 Å². The van der Waals surface area contributed by atoms with Gasteiger partial charge in [0.25, 0.3) is 0 Å². The molecule has 1 aromatic carbocycles. The second-order valence-corrected chi connectivity index (χ2v) is 6.20. The Labute approximate surface area is 124 Å². The van der Waals surface area contributed by atoms with E-state index in [1.165, 1.54) is 25.0 Å². The van der Waals surface area contributed by atoms with E-state index in [2.05, 4.69) is 0 Å². The Morgan fingerprint density at radius 3 is 2.55 bits per heavy atom. The fraction of sp³-hybridized carbons (Fsp3) is 0.562. The fourth-order valence-electron chi connectivity index (χ4n) is 2.83. The van der Waals surface area contributed by atoms with Crippen molar-refractivity contribution in [1.82, 2.24) is 4.90 Å². The van der Waals surface area contributed by atoms with Gasteiger partial charge in [-0.1, -0.05) is 25.0 Å². The van der Waals surface area contributed by atoms with Crippen molar-refractivity contribution in [2.45, 2.75) is 38.1 Å². The first-order chi connectivity index (χ1) is 9.70. The maximum atomic E-state index is 12.9. The molecule has 0 N–H and O–H groups in total. The van der Waals surface area contributed by atoms with Crippen LogP contribution in [-0.4, -0.2) is 35.4 Å². The standard InChI is InChI=1S/C16H22FNOS/c1-20-12-16(19)18(15-4-2-3-5-15)11-10-13-6-8-14(17)9-7-13/h6-9,15H,2-5,10-12H2,1H3. The van der Waals surface area contributed by atoms with Crippen LogP contribution in [0.4, 0.5) is 4.39 Å². The number of nitrogens with zero attached hydrogens (tertiary/aromatic N) is 1. The van der Waals surface area contributed by atoms with Crippen molar-refractivity contribution in [3.05, 3.63) is 35.6 Å². The van der Waals surface area contributed by atoms with E-state index < -0.39 is 0 Å². The van der Waals surface area contributed by atoms with Gasteiger partial charge in [0.05, 0.1) is 5.75 Å². The van der Waals surface area contributed by atoms with Crippen LogP contribution in [-0.2, 0) is 11.2 Å². The van der Waals surface area contributed by atoms with Crippen LogP contribution < -0.4 is 0 Å². The molecule has 0 radical (unpaired) electrons. The smallest absolute Gasteiger partial charge is 0.232 e. The van der Waals surface area contributed by atoms with Crippen molar-refractivity contribution in [1.29, 1.82) is 0 Å². The summed E-state index contributed by atoms with van der Waals surface area (Å²) in [6, 6.07) is 7.00. The predicted octanol–water partition coefficient (Wildman–Crippen LogP) is 3.50. The predicted molar refractivity (Wildman–Crippen MR) is 82.5 cm³/mol. The highest BCUT2D eigenvalue weighted by molar-refractivity contribution is 7.99. The Morgan fingerprint density at radius 2 is 1.95 bits per heavy atom. The van der Waals surface area contributed by atoms with Gasteiger partial charge < -0.3 is 4.90 Å². The number of halogens is 1. The maximum absolute atomic E-state index is 12.9. The Morgan fingerprint density at radius 1 is 1.30 bits per heavy atom. The highest BCUT2D eigenvalue weighted by Crippen LogP contribution is 2.24. The van der Waals surface area contributed by atoms with Crippen LogP contribution in [0.3, 0.4) is 0 Å². The summed E-state index contributed by atoms with van der Waals surface area (Å²) in [4.78, 5) is 14.3. The number of rotatable bonds is 6. The summed E-state index contributed by atoms with van der Waals surface area (Å²) < 4.78 is 12.9. The molecule has 0 atom stereocenters. The summed E-state index contributed by atoms with van der Waals surface area (Å²) in [5.74, 6) is 0.589. The summed E-state index contributed by atoms with van der Waals surface area (Å²) in [5.41, 5.74) is 1.09. The van der Waals surface area contributed by atoms with Crippen molar-refractivity contribution in [3.8, 4) is 0 Å². The van der Waals surface area contributed by atoms with Crippen molar-refractivity contribution in [3.63, 3.8) is 0 Å². The molecule has 2 nitrogen and oxygen atoms in total. The molecule has 4 heteroatoms. The molecule has 110 valence electrons. The molecule has 0 aromatic heterocycles. The lowest BCUT2D eigenvalue weighted by Gasteiger charge is -2.29. The summed E-state index contributed by atoms with van der Waals surface area (Å²) in [5, 5.41) is 0. The first kappa shape index (κ1) is 15.4. The second-order valence-electron chi connectivity index (χ2n) is 5.33. The third-order valence-electron chi connectivity index (χ3n) is 3.91. The minimum absolute atomic E-state index is 0.208. The Balaban J connectivity index is 1.96. The molecule has 0 bridgehead atoms. The summed E-state index contributed by atoms with van der Waals surface area (Å²) in [6.07, 6.45) is 7.48. The van der Waals surface area contributed by atoms with Gasteiger partial charge in [0.15, 0.2) is 0 Å². The second kappa shape index (κ2) is 7.67. The third kappa shape index (κ3) is 4.23. The fourth-order valence-corrected chi connectivity index (χ4v) is 3.25. The molecule has 0 saturated heterocycles. The van der Waals surface area contributed by atoms with Gasteiger partial charge in [0, 0.05) is 12.6 Å². The topological polar surface area (TPSA) is 20.3 Å². The minimum atomic E-state index is -0.208. The first-order valence-corrected chi connectivity index (χ1v) is 8.63. The molecule has 20 heavy (non-hydrogen) atoms. The SMILES string of the molecule is CSCC(=O)N(CCc1ccc(F)cc1)C1CCCC1. The molecule has 1 saturated carbocycles.